The van der Waals surface area contributed by atoms with Crippen LogP contribution in [0.5, 0.6) is 0 Å². The Kier molecular flexibility index (Phi) is 2.90. The number of rotatable bonds is 2. The van der Waals surface area contributed by atoms with Gasteiger partial charge in [0.2, 0.25) is 0 Å². The third-order valence-electron chi connectivity index (χ3n) is 1.61. The van der Waals surface area contributed by atoms with E-state index in [2.05, 4.69) is 26.1 Å². The Balaban J connectivity index is 2.39. The van der Waals surface area contributed by atoms with Crippen molar-refractivity contribution in [1.82, 2.24) is 10.1 Å². The molecule has 14 heavy (non-hydrogen) atoms. The lowest BCUT2D eigenvalue weighted by molar-refractivity contribution is 0.423. The standard InChI is InChI=1S/C8H6BrClN2OS/c1-4(10)7-11-8(13-12-7)6-5(9)2-3-14-6/h2-4H,1H3. The zero-order valence-electron chi connectivity index (χ0n) is 7.20. The molecule has 0 radical (unpaired) electrons. The molecule has 0 aliphatic heterocycles. The topological polar surface area (TPSA) is 38.9 Å². The molecule has 0 aliphatic carbocycles. The van der Waals surface area contributed by atoms with Gasteiger partial charge in [-0.2, -0.15) is 4.98 Å². The maximum absolute atomic E-state index is 5.82. The molecule has 0 saturated carbocycles. The van der Waals surface area contributed by atoms with Crippen LogP contribution in [0.4, 0.5) is 0 Å². The van der Waals surface area contributed by atoms with Crippen LogP contribution in [-0.4, -0.2) is 10.1 Å². The van der Waals surface area contributed by atoms with E-state index in [1.165, 1.54) is 0 Å². The molecule has 0 fully saturated rings. The van der Waals surface area contributed by atoms with Gasteiger partial charge in [-0.05, 0) is 34.3 Å². The van der Waals surface area contributed by atoms with Gasteiger partial charge in [-0.15, -0.1) is 22.9 Å². The quantitative estimate of drug-likeness (QED) is 0.789. The number of alkyl halides is 1. The second kappa shape index (κ2) is 4.00. The molecule has 2 aromatic heterocycles. The first-order valence-corrected chi connectivity index (χ1v) is 6.00. The predicted octanol–water partition coefficient (Wildman–Crippen LogP) is 3.86. The molecule has 0 saturated heterocycles. The molecular formula is C8H6BrClN2OS. The molecule has 0 N–H and O–H groups in total. The first kappa shape index (κ1) is 10.1. The third-order valence-corrected chi connectivity index (χ3v) is 3.63. The lowest BCUT2D eigenvalue weighted by Gasteiger charge is -1.90. The van der Waals surface area contributed by atoms with Gasteiger partial charge < -0.3 is 4.52 Å². The second-order valence-electron chi connectivity index (χ2n) is 2.67. The fraction of sp³-hybridized carbons (Fsp3) is 0.250. The summed E-state index contributed by atoms with van der Waals surface area (Å²) in [6.07, 6.45) is 0. The van der Waals surface area contributed by atoms with Crippen molar-refractivity contribution in [2.75, 3.05) is 0 Å². The van der Waals surface area contributed by atoms with Crippen LogP contribution in [0, 0.1) is 0 Å². The highest BCUT2D eigenvalue weighted by atomic mass is 79.9. The Morgan fingerprint density at radius 3 is 2.93 bits per heavy atom. The van der Waals surface area contributed by atoms with E-state index in [9.17, 15) is 0 Å². The Hall–Kier alpha value is -0.390. The highest BCUT2D eigenvalue weighted by molar-refractivity contribution is 9.10. The van der Waals surface area contributed by atoms with Crippen molar-refractivity contribution in [2.45, 2.75) is 12.3 Å². The minimum absolute atomic E-state index is 0.230. The van der Waals surface area contributed by atoms with Gasteiger partial charge in [-0.1, -0.05) is 5.16 Å². The van der Waals surface area contributed by atoms with Crippen LogP contribution in [0.25, 0.3) is 10.8 Å². The fourth-order valence-electron chi connectivity index (χ4n) is 0.935. The minimum atomic E-state index is -0.230. The van der Waals surface area contributed by atoms with Gasteiger partial charge in [0, 0.05) is 4.47 Å². The number of thiophene rings is 1. The first-order chi connectivity index (χ1) is 6.68. The average molecular weight is 294 g/mol. The van der Waals surface area contributed by atoms with E-state index in [0.29, 0.717) is 11.7 Å². The zero-order chi connectivity index (χ0) is 10.1. The van der Waals surface area contributed by atoms with E-state index in [1.807, 2.05) is 11.4 Å². The molecule has 3 nitrogen and oxygen atoms in total. The monoisotopic (exact) mass is 292 g/mol. The third kappa shape index (κ3) is 1.85. The normalized spacial score (nSPS) is 13.1. The largest absolute Gasteiger partial charge is 0.333 e. The summed E-state index contributed by atoms with van der Waals surface area (Å²) < 4.78 is 6.04. The van der Waals surface area contributed by atoms with Crippen LogP contribution in [-0.2, 0) is 0 Å². The van der Waals surface area contributed by atoms with Gasteiger partial charge >= 0.3 is 0 Å². The van der Waals surface area contributed by atoms with Crippen molar-refractivity contribution in [3.05, 3.63) is 21.7 Å². The Morgan fingerprint density at radius 1 is 1.64 bits per heavy atom. The molecule has 1 unspecified atom stereocenters. The van der Waals surface area contributed by atoms with Crippen molar-refractivity contribution in [2.24, 2.45) is 0 Å². The van der Waals surface area contributed by atoms with E-state index in [-0.39, 0.29) is 5.38 Å². The van der Waals surface area contributed by atoms with Crippen LogP contribution in [0.3, 0.4) is 0 Å². The SMILES string of the molecule is CC(Cl)c1noc(-c2sccc2Br)n1. The molecule has 2 heterocycles. The van der Waals surface area contributed by atoms with Crippen molar-refractivity contribution in [3.63, 3.8) is 0 Å². The van der Waals surface area contributed by atoms with Gasteiger partial charge in [0.05, 0.1) is 5.38 Å². The molecule has 0 bridgehead atoms. The molecule has 0 spiro atoms. The van der Waals surface area contributed by atoms with E-state index < -0.39 is 0 Å². The van der Waals surface area contributed by atoms with Crippen LogP contribution in [0.2, 0.25) is 0 Å². The molecule has 2 aromatic rings. The Bertz CT molecular complexity index is 440. The summed E-state index contributed by atoms with van der Waals surface area (Å²) in [5.41, 5.74) is 0. The van der Waals surface area contributed by atoms with Gasteiger partial charge in [0.1, 0.15) is 4.88 Å². The van der Waals surface area contributed by atoms with Gasteiger partial charge in [-0.25, -0.2) is 0 Å². The Labute approximate surface area is 98.2 Å². The number of hydrogen-bond acceptors (Lipinski definition) is 4. The van der Waals surface area contributed by atoms with Crippen LogP contribution < -0.4 is 0 Å². The molecule has 74 valence electrons. The van der Waals surface area contributed by atoms with E-state index in [0.717, 1.165) is 9.35 Å². The summed E-state index contributed by atoms with van der Waals surface area (Å²) >= 11 is 10.8. The van der Waals surface area contributed by atoms with Crippen LogP contribution in [0.15, 0.2) is 20.4 Å². The summed E-state index contributed by atoms with van der Waals surface area (Å²) in [5.74, 6) is 1.02. The van der Waals surface area contributed by atoms with Crippen molar-refractivity contribution in [1.29, 1.82) is 0 Å². The smallest absolute Gasteiger partial charge is 0.269 e. The van der Waals surface area contributed by atoms with Crippen molar-refractivity contribution >= 4 is 38.9 Å². The van der Waals surface area contributed by atoms with E-state index >= 15 is 0 Å². The van der Waals surface area contributed by atoms with Crippen molar-refractivity contribution in [3.8, 4) is 10.8 Å². The fourth-order valence-corrected chi connectivity index (χ4v) is 2.49. The molecule has 6 heteroatoms. The maximum atomic E-state index is 5.82. The van der Waals surface area contributed by atoms with E-state index in [4.69, 9.17) is 16.1 Å². The maximum Gasteiger partial charge on any atom is 0.269 e. The zero-order valence-corrected chi connectivity index (χ0v) is 10.4. The van der Waals surface area contributed by atoms with Gasteiger partial charge in [-0.3, -0.25) is 0 Å². The van der Waals surface area contributed by atoms with Gasteiger partial charge in [0.15, 0.2) is 5.82 Å². The van der Waals surface area contributed by atoms with Gasteiger partial charge in [0.25, 0.3) is 5.89 Å². The average Bonchev–Trinajstić information content (AvgIpc) is 2.71. The first-order valence-electron chi connectivity index (χ1n) is 3.89. The molecule has 1 atom stereocenters. The second-order valence-corrected chi connectivity index (χ2v) is 5.10. The summed E-state index contributed by atoms with van der Waals surface area (Å²) in [5, 5.41) is 5.50. The van der Waals surface area contributed by atoms with E-state index in [1.54, 1.807) is 18.3 Å². The number of hydrogen-bond donors (Lipinski definition) is 0. The minimum Gasteiger partial charge on any atom is -0.333 e. The Morgan fingerprint density at radius 2 is 2.43 bits per heavy atom. The highest BCUT2D eigenvalue weighted by Crippen LogP contribution is 2.33. The summed E-state index contributed by atoms with van der Waals surface area (Å²) in [6, 6.07) is 1.94. The molecule has 0 aliphatic rings. The summed E-state index contributed by atoms with van der Waals surface area (Å²) in [4.78, 5) is 5.12. The van der Waals surface area contributed by atoms with Crippen LogP contribution >= 0.6 is 38.9 Å². The molecule has 0 aromatic carbocycles. The number of nitrogens with zero attached hydrogens (tertiary/aromatic N) is 2. The lowest BCUT2D eigenvalue weighted by Crippen LogP contribution is -1.86. The van der Waals surface area contributed by atoms with Crippen molar-refractivity contribution < 1.29 is 4.52 Å². The molecular weight excluding hydrogens is 288 g/mol. The lowest BCUT2D eigenvalue weighted by atomic mass is 10.4. The molecule has 0 amide bonds. The highest BCUT2D eigenvalue weighted by Gasteiger charge is 2.15. The number of aromatic nitrogens is 2. The number of halogens is 2. The predicted molar refractivity (Wildman–Crippen MR) is 59.6 cm³/mol. The molecule has 2 rings (SSSR count). The van der Waals surface area contributed by atoms with Crippen LogP contribution in [0.1, 0.15) is 18.1 Å². The summed E-state index contributed by atoms with van der Waals surface area (Å²) in [6.45, 7) is 1.81. The summed E-state index contributed by atoms with van der Waals surface area (Å²) in [7, 11) is 0.